The Kier molecular flexibility index (Phi) is 3.88. The van der Waals surface area contributed by atoms with E-state index in [1.165, 1.54) is 0 Å². The van der Waals surface area contributed by atoms with E-state index >= 15 is 0 Å². The van der Waals surface area contributed by atoms with Gasteiger partial charge in [-0.25, -0.2) is 4.79 Å². The zero-order valence-corrected chi connectivity index (χ0v) is 10.2. The zero-order valence-electron chi connectivity index (χ0n) is 10.2. The van der Waals surface area contributed by atoms with E-state index in [1.54, 1.807) is 11.9 Å². The largest absolute Gasteiger partial charge is 0.475 e. The molecule has 4 nitrogen and oxygen atoms in total. The Morgan fingerprint density at radius 3 is 2.56 bits per heavy atom. The van der Waals surface area contributed by atoms with Crippen molar-refractivity contribution in [3.05, 3.63) is 23.4 Å². The van der Waals surface area contributed by atoms with Crippen LogP contribution in [0.3, 0.4) is 0 Å². The fraction of sp³-hybridized carbons (Fsp3) is 0.500. The predicted octanol–water partition coefficient (Wildman–Crippen LogP) is 2.04. The summed E-state index contributed by atoms with van der Waals surface area (Å²) in [6.45, 7) is 5.71. The van der Waals surface area contributed by atoms with E-state index in [1.807, 2.05) is 32.9 Å². The molecule has 0 radical (unpaired) electrons. The topological polar surface area (TPSA) is 52.9 Å². The molecular formula is C12H18N2O2. The number of nitrogens with zero attached hydrogens (tertiary/aromatic N) is 2. The molecule has 16 heavy (non-hydrogen) atoms. The molecule has 0 spiro atoms. The summed E-state index contributed by atoms with van der Waals surface area (Å²) in [4.78, 5) is 16.9. The summed E-state index contributed by atoms with van der Waals surface area (Å²) in [7, 11) is 1.75. The molecule has 1 N–H and O–H groups in total. The van der Waals surface area contributed by atoms with Crippen molar-refractivity contribution < 1.29 is 9.90 Å². The molecule has 0 aromatic carbocycles. The average molecular weight is 222 g/mol. The smallest absolute Gasteiger partial charge is 0.371 e. The van der Waals surface area contributed by atoms with Crippen LogP contribution >= 0.6 is 0 Å². The first kappa shape index (κ1) is 12.5. The van der Waals surface area contributed by atoms with E-state index in [0.29, 0.717) is 0 Å². The van der Waals surface area contributed by atoms with Gasteiger partial charge in [0.15, 0.2) is 0 Å². The first-order chi connectivity index (χ1) is 7.43. The lowest BCUT2D eigenvalue weighted by Gasteiger charge is -2.21. The molecule has 0 saturated carbocycles. The molecule has 0 unspecified atom stereocenters. The number of rotatable bonds is 2. The molecule has 88 valence electrons. The highest BCUT2D eigenvalue weighted by Crippen LogP contribution is 2.21. The number of carbonyl (C=O) groups is 1. The van der Waals surface area contributed by atoms with Gasteiger partial charge in [0.05, 0.1) is 0 Å². The molecule has 1 rings (SSSR count). The van der Waals surface area contributed by atoms with Crippen LogP contribution in [-0.4, -0.2) is 34.9 Å². The summed E-state index contributed by atoms with van der Waals surface area (Å²) >= 11 is 0. The number of likely N-dealkylation sites (N-methyl/N-ethyl adjacent to an activating group) is 1. The monoisotopic (exact) mass is 222 g/mol. The van der Waals surface area contributed by atoms with E-state index in [-0.39, 0.29) is 11.9 Å². The quantitative estimate of drug-likeness (QED) is 0.574. The third-order valence-corrected chi connectivity index (χ3v) is 2.43. The second-order valence-electron chi connectivity index (χ2n) is 4.15. The number of allylic oxidation sites excluding steroid dienone is 3. The number of aliphatic imine (C=N–C) groups is 1. The molecule has 1 aliphatic carbocycles. The zero-order chi connectivity index (χ0) is 12.3. The molecule has 0 aliphatic heterocycles. The van der Waals surface area contributed by atoms with E-state index in [0.717, 1.165) is 17.7 Å². The van der Waals surface area contributed by atoms with Gasteiger partial charge in [-0.1, -0.05) is 12.2 Å². The van der Waals surface area contributed by atoms with Gasteiger partial charge in [-0.3, -0.25) is 4.99 Å². The first-order valence-electron chi connectivity index (χ1n) is 5.34. The molecule has 0 saturated heterocycles. The summed E-state index contributed by atoms with van der Waals surface area (Å²) in [6, 6.07) is -0.0242. The minimum absolute atomic E-state index is 0.0242. The molecule has 1 aliphatic rings. The summed E-state index contributed by atoms with van der Waals surface area (Å²) < 4.78 is 0. The van der Waals surface area contributed by atoms with Crippen LogP contribution in [0.15, 0.2) is 28.4 Å². The van der Waals surface area contributed by atoms with E-state index < -0.39 is 5.97 Å². The van der Waals surface area contributed by atoms with Crippen LogP contribution in [0.25, 0.3) is 0 Å². The molecule has 0 aromatic rings. The summed E-state index contributed by atoms with van der Waals surface area (Å²) in [5.74, 6) is -0.878. The number of hydrogen-bond donors (Lipinski definition) is 1. The van der Waals surface area contributed by atoms with Crippen molar-refractivity contribution in [1.82, 2.24) is 4.90 Å². The second kappa shape index (κ2) is 4.96. The third kappa shape index (κ3) is 2.72. The van der Waals surface area contributed by atoms with Gasteiger partial charge in [-0.2, -0.15) is 0 Å². The molecule has 0 aromatic heterocycles. The van der Waals surface area contributed by atoms with Crippen molar-refractivity contribution in [2.24, 2.45) is 4.99 Å². The molecule has 0 bridgehead atoms. The van der Waals surface area contributed by atoms with Gasteiger partial charge in [0, 0.05) is 25.2 Å². The highest BCUT2D eigenvalue weighted by atomic mass is 16.4. The average Bonchev–Trinajstić information content (AvgIpc) is 2.59. The van der Waals surface area contributed by atoms with Crippen LogP contribution in [-0.2, 0) is 4.79 Å². The Balaban J connectivity index is 2.97. The molecule has 0 amide bonds. The highest BCUT2D eigenvalue weighted by Gasteiger charge is 2.20. The maximum atomic E-state index is 11.1. The van der Waals surface area contributed by atoms with E-state index in [9.17, 15) is 4.79 Å². The molecule has 0 fully saturated rings. The number of hydrogen-bond acceptors (Lipinski definition) is 2. The van der Waals surface area contributed by atoms with Crippen molar-refractivity contribution in [2.45, 2.75) is 33.2 Å². The van der Waals surface area contributed by atoms with Crippen LogP contribution in [0.4, 0.5) is 0 Å². The van der Waals surface area contributed by atoms with E-state index in [4.69, 9.17) is 5.11 Å². The molecule has 0 atom stereocenters. The standard InChI is InChI=1S/C12H18N2O2/c1-8(2)13-11(12(15)16)14(4)10-7-5-6-9(10)3/h5-6,8H,7H2,1-4H3,(H,15,16). The maximum Gasteiger partial charge on any atom is 0.371 e. The Morgan fingerprint density at radius 1 is 1.56 bits per heavy atom. The van der Waals surface area contributed by atoms with Crippen LogP contribution in [0.2, 0.25) is 0 Å². The van der Waals surface area contributed by atoms with Gasteiger partial charge in [0.1, 0.15) is 0 Å². The number of carboxylic acid groups (broad SMARTS) is 1. The highest BCUT2D eigenvalue weighted by molar-refractivity contribution is 6.34. The van der Waals surface area contributed by atoms with Crippen LogP contribution in [0.5, 0.6) is 0 Å². The summed E-state index contributed by atoms with van der Waals surface area (Å²) in [5, 5.41) is 9.12. The second-order valence-corrected chi connectivity index (χ2v) is 4.15. The molecule has 4 heteroatoms. The van der Waals surface area contributed by atoms with Crippen molar-refractivity contribution in [3.8, 4) is 0 Å². The minimum Gasteiger partial charge on any atom is -0.475 e. The summed E-state index contributed by atoms with van der Waals surface area (Å²) in [5.41, 5.74) is 2.10. The van der Waals surface area contributed by atoms with Crippen molar-refractivity contribution in [3.63, 3.8) is 0 Å². The summed E-state index contributed by atoms with van der Waals surface area (Å²) in [6.07, 6.45) is 4.80. The van der Waals surface area contributed by atoms with Gasteiger partial charge in [0.25, 0.3) is 0 Å². The number of aliphatic carboxylic acids is 1. The molecular weight excluding hydrogens is 204 g/mol. The maximum absolute atomic E-state index is 11.1. The normalized spacial score (nSPS) is 16.2. The minimum atomic E-state index is -0.983. The Morgan fingerprint density at radius 2 is 2.19 bits per heavy atom. The Hall–Kier alpha value is -1.58. The van der Waals surface area contributed by atoms with Crippen LogP contribution in [0.1, 0.15) is 27.2 Å². The van der Waals surface area contributed by atoms with Gasteiger partial charge < -0.3 is 10.0 Å². The lowest BCUT2D eigenvalue weighted by atomic mass is 10.2. The van der Waals surface area contributed by atoms with Crippen molar-refractivity contribution in [2.75, 3.05) is 7.05 Å². The SMILES string of the molecule is CC1=C(N(C)C(=NC(C)C)C(=O)O)CC=C1. The number of carboxylic acids is 1. The lowest BCUT2D eigenvalue weighted by Crippen LogP contribution is -2.33. The fourth-order valence-electron chi connectivity index (χ4n) is 1.66. The van der Waals surface area contributed by atoms with Crippen LogP contribution in [0, 0.1) is 0 Å². The van der Waals surface area contributed by atoms with E-state index in [2.05, 4.69) is 4.99 Å². The first-order valence-corrected chi connectivity index (χ1v) is 5.34. The fourth-order valence-corrected chi connectivity index (χ4v) is 1.66. The van der Waals surface area contributed by atoms with Crippen molar-refractivity contribution in [1.29, 1.82) is 0 Å². The van der Waals surface area contributed by atoms with Crippen LogP contribution < -0.4 is 0 Å². The van der Waals surface area contributed by atoms with Gasteiger partial charge in [-0.05, 0) is 26.3 Å². The Labute approximate surface area is 96.0 Å². The van der Waals surface area contributed by atoms with Gasteiger partial charge in [0.2, 0.25) is 5.84 Å². The Bertz CT molecular complexity index is 378. The van der Waals surface area contributed by atoms with Gasteiger partial charge >= 0.3 is 5.97 Å². The number of amidine groups is 1. The van der Waals surface area contributed by atoms with Crippen molar-refractivity contribution >= 4 is 11.8 Å². The predicted molar refractivity (Wildman–Crippen MR) is 64.4 cm³/mol. The molecule has 0 heterocycles. The third-order valence-electron chi connectivity index (χ3n) is 2.43. The lowest BCUT2D eigenvalue weighted by molar-refractivity contribution is -0.130. The van der Waals surface area contributed by atoms with Gasteiger partial charge in [-0.15, -0.1) is 0 Å².